The van der Waals surface area contributed by atoms with E-state index in [9.17, 15) is 9.59 Å². The molecule has 2 amide bonds. The Morgan fingerprint density at radius 1 is 1.22 bits per heavy atom. The zero-order chi connectivity index (χ0) is 18.4. The number of hydrogen-bond acceptors (Lipinski definition) is 5. The Labute approximate surface area is 161 Å². The van der Waals surface area contributed by atoms with Crippen LogP contribution < -0.4 is 10.9 Å². The van der Waals surface area contributed by atoms with Crippen LogP contribution in [-0.2, 0) is 19.4 Å². The van der Waals surface area contributed by atoms with Gasteiger partial charge in [0.15, 0.2) is 5.13 Å². The molecule has 2 fully saturated rings. The van der Waals surface area contributed by atoms with E-state index in [1.165, 1.54) is 30.6 Å². The lowest BCUT2D eigenvalue weighted by Gasteiger charge is -2.38. The van der Waals surface area contributed by atoms with Crippen LogP contribution in [0.5, 0.6) is 0 Å². The first-order chi connectivity index (χ1) is 13.2. The average Bonchev–Trinajstić information content (AvgIpc) is 3.39. The van der Waals surface area contributed by atoms with Crippen molar-refractivity contribution >= 4 is 22.5 Å². The highest BCUT2D eigenvalue weighted by atomic mass is 32.1. The van der Waals surface area contributed by atoms with Gasteiger partial charge in [0.2, 0.25) is 0 Å². The van der Waals surface area contributed by atoms with Gasteiger partial charge in [-0.25, -0.2) is 14.5 Å². The fourth-order valence-corrected chi connectivity index (χ4v) is 4.90. The molecule has 1 saturated carbocycles. The lowest BCUT2D eigenvalue weighted by Crippen LogP contribution is -2.53. The molecule has 0 atom stereocenters. The average molecular weight is 385 g/mol. The van der Waals surface area contributed by atoms with Crippen LogP contribution in [0, 0.1) is 5.92 Å². The fraction of sp³-hybridized carbons (Fsp3) is 0.579. The molecule has 1 aliphatic heterocycles. The maximum Gasteiger partial charge on any atom is 0.323 e. The second-order valence-corrected chi connectivity index (χ2v) is 8.93. The van der Waals surface area contributed by atoms with Gasteiger partial charge in [-0.1, -0.05) is 0 Å². The summed E-state index contributed by atoms with van der Waals surface area (Å²) < 4.78 is 1.57. The molecule has 27 heavy (non-hydrogen) atoms. The lowest BCUT2D eigenvalue weighted by atomic mass is 10.0. The Morgan fingerprint density at radius 2 is 2.04 bits per heavy atom. The summed E-state index contributed by atoms with van der Waals surface area (Å²) in [4.78, 5) is 32.1. The second-order valence-electron chi connectivity index (χ2n) is 7.85. The number of amides is 2. The predicted molar refractivity (Wildman–Crippen MR) is 103 cm³/mol. The standard InChI is InChI=1S/C19H23N5O2S/c25-17-8-7-14(13-5-6-13)22-24(17)11-12-9-23(10-12)19(26)21-18-20-15-3-1-2-4-16(15)27-18/h7-8,12-13H,1-6,9-11H2,(H,20,21,26). The first-order valence-corrected chi connectivity index (χ1v) is 10.6. The monoisotopic (exact) mass is 385 g/mol. The summed E-state index contributed by atoms with van der Waals surface area (Å²) in [6.07, 6.45) is 6.84. The quantitative estimate of drug-likeness (QED) is 0.877. The molecule has 0 unspecified atom stereocenters. The normalized spacial score (nSPS) is 19.5. The van der Waals surface area contributed by atoms with Crippen molar-refractivity contribution in [3.63, 3.8) is 0 Å². The zero-order valence-electron chi connectivity index (χ0n) is 15.2. The van der Waals surface area contributed by atoms with E-state index in [2.05, 4.69) is 15.4 Å². The van der Waals surface area contributed by atoms with Crippen molar-refractivity contribution in [1.82, 2.24) is 19.7 Å². The molecule has 2 aliphatic carbocycles. The number of aromatic nitrogens is 3. The summed E-state index contributed by atoms with van der Waals surface area (Å²) in [5.41, 5.74) is 2.12. The Balaban J connectivity index is 1.16. The third-order valence-corrected chi connectivity index (χ3v) is 6.69. The van der Waals surface area contributed by atoms with Crippen LogP contribution in [-0.4, -0.2) is 38.8 Å². The van der Waals surface area contributed by atoms with E-state index in [4.69, 9.17) is 0 Å². The molecule has 0 aromatic carbocycles. The lowest BCUT2D eigenvalue weighted by molar-refractivity contribution is 0.116. The molecule has 3 aliphatic rings. The molecule has 5 rings (SSSR count). The Bertz CT molecular complexity index is 903. The smallest absolute Gasteiger partial charge is 0.323 e. The van der Waals surface area contributed by atoms with Crippen LogP contribution in [0.3, 0.4) is 0 Å². The third kappa shape index (κ3) is 3.50. The highest BCUT2D eigenvalue weighted by Crippen LogP contribution is 2.38. The number of fused-ring (bicyclic) bond motifs is 1. The van der Waals surface area contributed by atoms with Crippen molar-refractivity contribution in [2.24, 2.45) is 5.92 Å². The first-order valence-electron chi connectivity index (χ1n) is 9.78. The Morgan fingerprint density at radius 3 is 2.81 bits per heavy atom. The number of hydrogen-bond donors (Lipinski definition) is 1. The molecule has 0 spiro atoms. The summed E-state index contributed by atoms with van der Waals surface area (Å²) in [6, 6.07) is 3.38. The molecule has 1 N–H and O–H groups in total. The van der Waals surface area contributed by atoms with Crippen LogP contribution in [0.4, 0.5) is 9.93 Å². The molecule has 7 nitrogen and oxygen atoms in total. The summed E-state index contributed by atoms with van der Waals surface area (Å²) in [5, 5.41) is 8.16. The molecular weight excluding hydrogens is 362 g/mol. The van der Waals surface area contributed by atoms with Gasteiger partial charge in [-0.2, -0.15) is 5.10 Å². The van der Waals surface area contributed by atoms with Crippen LogP contribution in [0.15, 0.2) is 16.9 Å². The minimum Gasteiger partial charge on any atom is -0.324 e. The number of carbonyl (C=O) groups is 1. The van der Waals surface area contributed by atoms with E-state index in [1.54, 1.807) is 27.0 Å². The first kappa shape index (κ1) is 16.9. The summed E-state index contributed by atoms with van der Waals surface area (Å²) in [6.45, 7) is 1.88. The third-order valence-electron chi connectivity index (χ3n) is 5.62. The number of nitrogens with zero attached hydrogens (tertiary/aromatic N) is 4. The molecular formula is C19H23N5O2S. The Hall–Kier alpha value is -2.22. The van der Waals surface area contributed by atoms with Crippen LogP contribution in [0.1, 0.15) is 47.9 Å². The summed E-state index contributed by atoms with van der Waals surface area (Å²) in [7, 11) is 0. The minimum atomic E-state index is -0.0932. The van der Waals surface area contributed by atoms with E-state index < -0.39 is 0 Å². The van der Waals surface area contributed by atoms with E-state index in [1.807, 2.05) is 6.07 Å². The number of rotatable bonds is 4. The molecule has 0 radical (unpaired) electrons. The van der Waals surface area contributed by atoms with E-state index in [0.29, 0.717) is 30.7 Å². The molecule has 2 aromatic rings. The van der Waals surface area contributed by atoms with Crippen LogP contribution in [0.25, 0.3) is 0 Å². The molecule has 142 valence electrons. The molecule has 2 aromatic heterocycles. The fourth-order valence-electron chi connectivity index (χ4n) is 3.86. The van der Waals surface area contributed by atoms with Gasteiger partial charge >= 0.3 is 6.03 Å². The van der Waals surface area contributed by atoms with Crippen molar-refractivity contribution < 1.29 is 4.79 Å². The van der Waals surface area contributed by atoms with Gasteiger partial charge in [0.1, 0.15) is 0 Å². The van der Waals surface area contributed by atoms with E-state index in [-0.39, 0.29) is 17.5 Å². The zero-order valence-corrected chi connectivity index (χ0v) is 16.0. The second kappa shape index (κ2) is 6.74. The molecule has 1 saturated heterocycles. The van der Waals surface area contributed by atoms with Gasteiger partial charge in [-0.3, -0.25) is 10.1 Å². The Kier molecular flexibility index (Phi) is 4.22. The maximum absolute atomic E-state index is 12.4. The highest BCUT2D eigenvalue weighted by Gasteiger charge is 2.32. The van der Waals surface area contributed by atoms with Gasteiger partial charge in [-0.15, -0.1) is 11.3 Å². The van der Waals surface area contributed by atoms with Crippen molar-refractivity contribution in [3.8, 4) is 0 Å². The summed E-state index contributed by atoms with van der Waals surface area (Å²) in [5.74, 6) is 0.810. The van der Waals surface area contributed by atoms with Gasteiger partial charge in [0.05, 0.1) is 17.9 Å². The highest BCUT2D eigenvalue weighted by molar-refractivity contribution is 7.15. The van der Waals surface area contributed by atoms with E-state index in [0.717, 1.165) is 24.2 Å². The van der Waals surface area contributed by atoms with Crippen molar-refractivity contribution in [2.75, 3.05) is 18.4 Å². The maximum atomic E-state index is 12.4. The van der Waals surface area contributed by atoms with Crippen molar-refractivity contribution in [2.45, 2.75) is 51.0 Å². The SMILES string of the molecule is O=C(Nc1nc2c(s1)CCCC2)N1CC(Cn2nc(C3CC3)ccc2=O)C1. The number of aryl methyl sites for hydroxylation is 2. The minimum absolute atomic E-state index is 0.0596. The van der Waals surface area contributed by atoms with Gasteiger partial charge in [-0.05, 0) is 44.6 Å². The van der Waals surface area contributed by atoms with Crippen molar-refractivity contribution in [1.29, 1.82) is 0 Å². The van der Waals surface area contributed by atoms with Gasteiger partial charge in [0, 0.05) is 35.9 Å². The molecule has 0 bridgehead atoms. The number of thiazole rings is 1. The van der Waals surface area contributed by atoms with E-state index >= 15 is 0 Å². The van der Waals surface area contributed by atoms with Gasteiger partial charge < -0.3 is 4.90 Å². The summed E-state index contributed by atoms with van der Waals surface area (Å²) >= 11 is 1.61. The van der Waals surface area contributed by atoms with Crippen LogP contribution >= 0.6 is 11.3 Å². The van der Waals surface area contributed by atoms with Crippen molar-refractivity contribution in [3.05, 3.63) is 38.8 Å². The topological polar surface area (TPSA) is 80.1 Å². The largest absolute Gasteiger partial charge is 0.324 e. The molecule has 8 heteroatoms. The van der Waals surface area contributed by atoms with Gasteiger partial charge in [0.25, 0.3) is 5.56 Å². The number of carbonyl (C=O) groups excluding carboxylic acids is 1. The predicted octanol–water partition coefficient (Wildman–Crippen LogP) is 2.62. The number of anilines is 1. The molecule has 3 heterocycles. The number of nitrogens with one attached hydrogen (secondary N) is 1. The van der Waals surface area contributed by atoms with Crippen LogP contribution in [0.2, 0.25) is 0 Å². The number of urea groups is 1. The number of likely N-dealkylation sites (tertiary alicyclic amines) is 1.